The molecule has 0 aliphatic rings. The molecule has 110 valence electrons. The van der Waals surface area contributed by atoms with Crippen molar-refractivity contribution >= 4 is 0 Å². The SMILES string of the molecule is COc1ccc(CNCC(C)(O)c2ccco2)cc1C#N. The molecule has 2 N–H and O–H groups in total. The average molecular weight is 286 g/mol. The summed E-state index contributed by atoms with van der Waals surface area (Å²) in [5.41, 5.74) is 0.366. The van der Waals surface area contributed by atoms with Crippen LogP contribution in [-0.2, 0) is 12.1 Å². The number of aliphatic hydroxyl groups is 1. The van der Waals surface area contributed by atoms with E-state index in [1.807, 2.05) is 6.07 Å². The minimum Gasteiger partial charge on any atom is -0.495 e. The summed E-state index contributed by atoms with van der Waals surface area (Å²) in [5.74, 6) is 1.08. The first-order valence-corrected chi connectivity index (χ1v) is 6.61. The van der Waals surface area contributed by atoms with E-state index in [0.717, 1.165) is 5.56 Å². The lowest BCUT2D eigenvalue weighted by Gasteiger charge is -2.21. The fraction of sp³-hybridized carbons (Fsp3) is 0.312. The van der Waals surface area contributed by atoms with Crippen LogP contribution in [0.4, 0.5) is 0 Å². The maximum absolute atomic E-state index is 10.3. The number of hydrogen-bond donors (Lipinski definition) is 2. The number of furan rings is 1. The van der Waals surface area contributed by atoms with Gasteiger partial charge in [0.1, 0.15) is 23.2 Å². The molecular formula is C16H18N2O3. The molecule has 1 atom stereocenters. The highest BCUT2D eigenvalue weighted by molar-refractivity contribution is 5.45. The van der Waals surface area contributed by atoms with E-state index in [4.69, 9.17) is 14.4 Å². The number of hydrogen-bond acceptors (Lipinski definition) is 5. The third-order valence-corrected chi connectivity index (χ3v) is 3.23. The standard InChI is InChI=1S/C16H18N2O3/c1-16(19,15-4-3-7-21-15)11-18-10-12-5-6-14(20-2)13(8-12)9-17/h3-8,18-19H,10-11H2,1-2H3. The quantitative estimate of drug-likeness (QED) is 0.850. The molecule has 0 fully saturated rings. The second-order valence-electron chi connectivity index (χ2n) is 5.00. The Morgan fingerprint density at radius 1 is 1.43 bits per heavy atom. The molecule has 0 spiro atoms. The first-order valence-electron chi connectivity index (χ1n) is 6.61. The van der Waals surface area contributed by atoms with Gasteiger partial charge in [-0.05, 0) is 36.8 Å². The van der Waals surface area contributed by atoms with Crippen LogP contribution in [0.15, 0.2) is 41.0 Å². The normalized spacial score (nSPS) is 13.4. The molecule has 0 amide bonds. The van der Waals surface area contributed by atoms with Gasteiger partial charge in [0.2, 0.25) is 0 Å². The molecule has 21 heavy (non-hydrogen) atoms. The van der Waals surface area contributed by atoms with E-state index in [2.05, 4.69) is 11.4 Å². The molecule has 5 heteroatoms. The van der Waals surface area contributed by atoms with Gasteiger partial charge in [0, 0.05) is 13.1 Å². The number of benzene rings is 1. The molecule has 0 saturated heterocycles. The highest BCUT2D eigenvalue weighted by atomic mass is 16.5. The first kappa shape index (κ1) is 15.1. The van der Waals surface area contributed by atoms with Crippen molar-refractivity contribution in [2.75, 3.05) is 13.7 Å². The van der Waals surface area contributed by atoms with Crippen LogP contribution in [0.2, 0.25) is 0 Å². The zero-order valence-corrected chi connectivity index (χ0v) is 12.1. The predicted octanol–water partition coefficient (Wildman–Crippen LogP) is 2.16. The fourth-order valence-corrected chi connectivity index (χ4v) is 2.07. The molecule has 1 unspecified atom stereocenters. The van der Waals surface area contributed by atoms with Gasteiger partial charge < -0.3 is 19.6 Å². The zero-order chi connectivity index (χ0) is 15.3. The molecule has 1 aromatic carbocycles. The van der Waals surface area contributed by atoms with Crippen LogP contribution in [0.3, 0.4) is 0 Å². The van der Waals surface area contributed by atoms with Crippen LogP contribution in [0, 0.1) is 11.3 Å². The van der Waals surface area contributed by atoms with Gasteiger partial charge in [-0.2, -0.15) is 5.26 Å². The van der Waals surface area contributed by atoms with Crippen LogP contribution in [0.1, 0.15) is 23.8 Å². The van der Waals surface area contributed by atoms with Crippen molar-refractivity contribution in [1.29, 1.82) is 5.26 Å². The molecule has 1 heterocycles. The average Bonchev–Trinajstić information content (AvgIpc) is 3.02. The molecule has 1 aromatic heterocycles. The largest absolute Gasteiger partial charge is 0.495 e. The number of nitriles is 1. The zero-order valence-electron chi connectivity index (χ0n) is 12.1. The summed E-state index contributed by atoms with van der Waals surface area (Å²) in [6, 6.07) is 11.0. The lowest BCUT2D eigenvalue weighted by molar-refractivity contribution is 0.0340. The third kappa shape index (κ3) is 3.63. The minimum absolute atomic E-state index is 0.342. The number of rotatable bonds is 6. The van der Waals surface area contributed by atoms with E-state index < -0.39 is 5.60 Å². The van der Waals surface area contributed by atoms with Crippen LogP contribution < -0.4 is 10.1 Å². The number of ether oxygens (including phenoxy) is 1. The van der Waals surface area contributed by atoms with Crippen molar-refractivity contribution in [3.63, 3.8) is 0 Å². The van der Waals surface area contributed by atoms with Gasteiger partial charge in [-0.3, -0.25) is 0 Å². The van der Waals surface area contributed by atoms with E-state index in [-0.39, 0.29) is 0 Å². The summed E-state index contributed by atoms with van der Waals surface area (Å²) >= 11 is 0. The number of methoxy groups -OCH3 is 1. The lowest BCUT2D eigenvalue weighted by atomic mass is 10.0. The van der Waals surface area contributed by atoms with Crippen molar-refractivity contribution in [3.05, 3.63) is 53.5 Å². The smallest absolute Gasteiger partial charge is 0.136 e. The van der Waals surface area contributed by atoms with Crippen molar-refractivity contribution in [1.82, 2.24) is 5.32 Å². The Bertz CT molecular complexity index is 627. The van der Waals surface area contributed by atoms with E-state index >= 15 is 0 Å². The van der Waals surface area contributed by atoms with Gasteiger partial charge in [-0.15, -0.1) is 0 Å². The maximum atomic E-state index is 10.3. The molecule has 0 aliphatic heterocycles. The van der Waals surface area contributed by atoms with E-state index in [1.54, 1.807) is 31.2 Å². The lowest BCUT2D eigenvalue weighted by Crippen LogP contribution is -2.34. The summed E-state index contributed by atoms with van der Waals surface area (Å²) < 4.78 is 10.3. The summed E-state index contributed by atoms with van der Waals surface area (Å²) in [5, 5.41) is 22.5. The molecule has 0 bridgehead atoms. The van der Waals surface area contributed by atoms with Crippen molar-refractivity contribution in [2.45, 2.75) is 19.1 Å². The second kappa shape index (κ2) is 6.44. The molecule has 0 aliphatic carbocycles. The molecule has 2 rings (SSSR count). The molecule has 2 aromatic rings. The van der Waals surface area contributed by atoms with Crippen molar-refractivity contribution in [2.24, 2.45) is 0 Å². The van der Waals surface area contributed by atoms with Gasteiger partial charge in [-0.25, -0.2) is 0 Å². The van der Waals surface area contributed by atoms with Gasteiger partial charge in [-0.1, -0.05) is 6.07 Å². The van der Waals surface area contributed by atoms with E-state index in [1.165, 1.54) is 13.4 Å². The Balaban J connectivity index is 1.96. The van der Waals surface area contributed by atoms with Crippen LogP contribution in [0.5, 0.6) is 5.75 Å². The monoisotopic (exact) mass is 286 g/mol. The van der Waals surface area contributed by atoms with Gasteiger partial charge in [0.15, 0.2) is 0 Å². The highest BCUT2D eigenvalue weighted by Gasteiger charge is 2.25. The molecule has 5 nitrogen and oxygen atoms in total. The Kier molecular flexibility index (Phi) is 4.63. The first-order chi connectivity index (χ1) is 10.1. The van der Waals surface area contributed by atoms with Gasteiger partial charge >= 0.3 is 0 Å². The third-order valence-electron chi connectivity index (χ3n) is 3.23. The Morgan fingerprint density at radius 2 is 2.24 bits per heavy atom. The Morgan fingerprint density at radius 3 is 2.86 bits per heavy atom. The van der Waals surface area contributed by atoms with E-state index in [9.17, 15) is 5.11 Å². The minimum atomic E-state index is -1.08. The number of nitrogens with zero attached hydrogens (tertiary/aromatic N) is 1. The Hall–Kier alpha value is -2.29. The van der Waals surface area contributed by atoms with Gasteiger partial charge in [0.05, 0.1) is 18.9 Å². The van der Waals surface area contributed by atoms with Crippen molar-refractivity contribution < 1.29 is 14.3 Å². The predicted molar refractivity (Wildman–Crippen MR) is 77.7 cm³/mol. The summed E-state index contributed by atoms with van der Waals surface area (Å²) in [6.07, 6.45) is 1.53. The summed E-state index contributed by atoms with van der Waals surface area (Å²) in [6.45, 7) is 2.57. The van der Waals surface area contributed by atoms with Crippen LogP contribution in [0.25, 0.3) is 0 Å². The fourth-order valence-electron chi connectivity index (χ4n) is 2.07. The Labute approximate surface area is 123 Å². The van der Waals surface area contributed by atoms with Crippen LogP contribution >= 0.6 is 0 Å². The summed E-state index contributed by atoms with van der Waals surface area (Å²) in [7, 11) is 1.54. The molecule has 0 saturated carbocycles. The second-order valence-corrected chi connectivity index (χ2v) is 5.00. The topological polar surface area (TPSA) is 78.4 Å². The maximum Gasteiger partial charge on any atom is 0.136 e. The van der Waals surface area contributed by atoms with Gasteiger partial charge in [0.25, 0.3) is 0 Å². The molecule has 0 radical (unpaired) electrons. The van der Waals surface area contributed by atoms with E-state index in [0.29, 0.717) is 30.2 Å². The highest BCUT2D eigenvalue weighted by Crippen LogP contribution is 2.21. The van der Waals surface area contributed by atoms with Crippen molar-refractivity contribution in [3.8, 4) is 11.8 Å². The molecular weight excluding hydrogens is 268 g/mol. The summed E-state index contributed by atoms with van der Waals surface area (Å²) in [4.78, 5) is 0. The van der Waals surface area contributed by atoms with Crippen LogP contribution in [-0.4, -0.2) is 18.8 Å². The number of nitrogens with one attached hydrogen (secondary N) is 1.